The molecular formula is C9H18OS. The van der Waals surface area contributed by atoms with Crippen LogP contribution in [0.2, 0.25) is 0 Å². The molecule has 0 aromatic heterocycles. The first-order valence-electron chi connectivity index (χ1n) is 4.29. The first-order chi connectivity index (χ1) is 5.22. The molecule has 0 spiro atoms. The molecule has 0 heterocycles. The molecule has 2 heteroatoms. The van der Waals surface area contributed by atoms with E-state index >= 15 is 0 Å². The summed E-state index contributed by atoms with van der Waals surface area (Å²) in [6.45, 7) is 6.11. The molecule has 0 saturated heterocycles. The second kappa shape index (κ2) is 5.53. The predicted molar refractivity (Wildman–Crippen MR) is 53.2 cm³/mol. The lowest BCUT2D eigenvalue weighted by Gasteiger charge is -2.21. The van der Waals surface area contributed by atoms with Gasteiger partial charge in [-0.15, -0.1) is 0 Å². The molecule has 0 aliphatic heterocycles. The summed E-state index contributed by atoms with van der Waals surface area (Å²) in [6, 6.07) is 0. The average molecular weight is 174 g/mol. The number of aliphatic hydroxyl groups is 1. The Morgan fingerprint density at radius 1 is 1.55 bits per heavy atom. The van der Waals surface area contributed by atoms with E-state index in [1.165, 1.54) is 0 Å². The van der Waals surface area contributed by atoms with Crippen molar-refractivity contribution in [2.75, 3.05) is 0 Å². The molecule has 0 bridgehead atoms. The van der Waals surface area contributed by atoms with Crippen molar-refractivity contribution in [3.63, 3.8) is 0 Å². The van der Waals surface area contributed by atoms with E-state index in [0.29, 0.717) is 11.7 Å². The molecule has 0 aromatic rings. The monoisotopic (exact) mass is 174 g/mol. The van der Waals surface area contributed by atoms with Gasteiger partial charge >= 0.3 is 0 Å². The van der Waals surface area contributed by atoms with Crippen molar-refractivity contribution < 1.29 is 5.11 Å². The maximum Gasteiger partial charge on any atom is 0.101 e. The number of rotatable bonds is 0. The van der Waals surface area contributed by atoms with Crippen molar-refractivity contribution in [3.8, 4) is 0 Å². The Morgan fingerprint density at radius 2 is 2.09 bits per heavy atom. The fourth-order valence-corrected chi connectivity index (χ4v) is 1.32. The Morgan fingerprint density at radius 3 is 2.45 bits per heavy atom. The molecule has 0 radical (unpaired) electrons. The van der Waals surface area contributed by atoms with Crippen LogP contribution in [0.5, 0.6) is 0 Å². The molecule has 11 heavy (non-hydrogen) atoms. The van der Waals surface area contributed by atoms with Crippen molar-refractivity contribution in [2.45, 2.75) is 38.9 Å². The summed E-state index contributed by atoms with van der Waals surface area (Å²) in [5.41, 5.74) is 0. The second-order valence-electron chi connectivity index (χ2n) is 2.63. The third-order valence-corrected chi connectivity index (χ3v) is 2.59. The molecule has 0 fully saturated rings. The van der Waals surface area contributed by atoms with E-state index in [-0.39, 0.29) is 5.25 Å². The summed E-state index contributed by atoms with van der Waals surface area (Å²) < 4.78 is 0. The summed E-state index contributed by atoms with van der Waals surface area (Å²) in [4.78, 5) is 0. The topological polar surface area (TPSA) is 20.2 Å². The molecule has 66 valence electrons. The summed E-state index contributed by atoms with van der Waals surface area (Å²) in [5.74, 6) is 0.982. The highest BCUT2D eigenvalue weighted by Crippen LogP contribution is 2.26. The lowest BCUT2D eigenvalue weighted by atomic mass is 9.94. The number of hydrogen-bond donors (Lipinski definition) is 2. The highest BCUT2D eigenvalue weighted by molar-refractivity contribution is 7.81. The molecule has 1 N–H and O–H groups in total. The molecule has 2 atom stereocenters. The predicted octanol–water partition coefficient (Wildman–Crippen LogP) is 3.18. The Bertz CT molecular complexity index is 132. The maximum absolute atomic E-state index is 9.13. The fourth-order valence-electron chi connectivity index (χ4n) is 1.06. The minimum atomic E-state index is 0.0822. The van der Waals surface area contributed by atoms with Gasteiger partial charge in [-0.3, -0.25) is 0 Å². The normalized spacial score (nSPS) is 30.0. The van der Waals surface area contributed by atoms with Gasteiger partial charge in [-0.25, -0.2) is 0 Å². The van der Waals surface area contributed by atoms with Crippen LogP contribution in [0.3, 0.4) is 0 Å². The van der Waals surface area contributed by atoms with E-state index in [1.807, 2.05) is 19.9 Å². The highest BCUT2D eigenvalue weighted by Gasteiger charge is 2.19. The summed E-state index contributed by atoms with van der Waals surface area (Å²) in [6.07, 6.45) is 4.01. The number of thiol groups is 1. The van der Waals surface area contributed by atoms with Gasteiger partial charge in [0.2, 0.25) is 0 Å². The molecule has 1 aliphatic rings. The largest absolute Gasteiger partial charge is 0.511 e. The summed E-state index contributed by atoms with van der Waals surface area (Å²) in [7, 11) is 0. The third kappa shape index (κ3) is 3.19. The molecule has 2 unspecified atom stereocenters. The Kier molecular flexibility index (Phi) is 5.47. The quantitative estimate of drug-likeness (QED) is 0.540. The van der Waals surface area contributed by atoms with Crippen molar-refractivity contribution in [2.24, 2.45) is 5.92 Å². The standard InChI is InChI=1S/C7H12OS.C2H6/c1-5-3-2-4-6(8)7(5)9;1-2/h4-5,7-9H,2-3H2,1H3;1-2H3. The van der Waals surface area contributed by atoms with E-state index in [0.717, 1.165) is 12.8 Å². The van der Waals surface area contributed by atoms with Gasteiger partial charge in [0.1, 0.15) is 5.76 Å². The third-order valence-electron chi connectivity index (χ3n) is 1.82. The van der Waals surface area contributed by atoms with E-state index in [1.54, 1.807) is 0 Å². The van der Waals surface area contributed by atoms with Crippen molar-refractivity contribution in [1.29, 1.82) is 0 Å². The molecule has 0 saturated carbocycles. The SMILES string of the molecule is CC.CC1CCC=C(O)C1S. The smallest absolute Gasteiger partial charge is 0.101 e. The Labute approximate surface area is 74.9 Å². The Balaban J connectivity index is 0.000000461. The van der Waals surface area contributed by atoms with Gasteiger partial charge in [-0.1, -0.05) is 20.8 Å². The highest BCUT2D eigenvalue weighted by atomic mass is 32.1. The molecular weight excluding hydrogens is 156 g/mol. The van der Waals surface area contributed by atoms with E-state index in [9.17, 15) is 0 Å². The van der Waals surface area contributed by atoms with Gasteiger partial charge in [0.15, 0.2) is 0 Å². The zero-order valence-electron chi connectivity index (χ0n) is 7.54. The van der Waals surface area contributed by atoms with E-state index < -0.39 is 0 Å². The van der Waals surface area contributed by atoms with Crippen LogP contribution in [0.1, 0.15) is 33.6 Å². The van der Waals surface area contributed by atoms with Gasteiger partial charge in [0.25, 0.3) is 0 Å². The fraction of sp³-hybridized carbons (Fsp3) is 0.778. The second-order valence-corrected chi connectivity index (χ2v) is 3.18. The lowest BCUT2D eigenvalue weighted by Crippen LogP contribution is -2.17. The molecule has 0 aromatic carbocycles. The zero-order chi connectivity index (χ0) is 8.85. The average Bonchev–Trinajstić information content (AvgIpc) is 2.04. The van der Waals surface area contributed by atoms with Crippen LogP contribution in [0.4, 0.5) is 0 Å². The first kappa shape index (κ1) is 10.9. The lowest BCUT2D eigenvalue weighted by molar-refractivity contribution is 0.341. The first-order valence-corrected chi connectivity index (χ1v) is 4.80. The van der Waals surface area contributed by atoms with Gasteiger partial charge in [0.05, 0.1) is 5.25 Å². The van der Waals surface area contributed by atoms with Gasteiger partial charge in [-0.2, -0.15) is 12.6 Å². The maximum atomic E-state index is 9.13. The van der Waals surface area contributed by atoms with Gasteiger partial charge in [-0.05, 0) is 24.8 Å². The van der Waals surface area contributed by atoms with Crippen LogP contribution in [-0.2, 0) is 0 Å². The summed E-state index contributed by atoms with van der Waals surface area (Å²) >= 11 is 4.23. The van der Waals surface area contributed by atoms with Gasteiger partial charge in [0, 0.05) is 0 Å². The number of hydrogen-bond acceptors (Lipinski definition) is 2. The van der Waals surface area contributed by atoms with Crippen LogP contribution in [0.25, 0.3) is 0 Å². The molecule has 1 aliphatic carbocycles. The molecule has 1 rings (SSSR count). The van der Waals surface area contributed by atoms with Crippen molar-refractivity contribution in [3.05, 3.63) is 11.8 Å². The Hall–Kier alpha value is -0.110. The van der Waals surface area contributed by atoms with E-state index in [4.69, 9.17) is 5.11 Å². The minimum absolute atomic E-state index is 0.0822. The van der Waals surface area contributed by atoms with Crippen LogP contribution in [-0.4, -0.2) is 10.4 Å². The van der Waals surface area contributed by atoms with Crippen LogP contribution >= 0.6 is 12.6 Å². The molecule has 0 amide bonds. The van der Waals surface area contributed by atoms with Gasteiger partial charge < -0.3 is 5.11 Å². The van der Waals surface area contributed by atoms with Crippen molar-refractivity contribution in [1.82, 2.24) is 0 Å². The van der Waals surface area contributed by atoms with Crippen LogP contribution < -0.4 is 0 Å². The van der Waals surface area contributed by atoms with Crippen molar-refractivity contribution >= 4 is 12.6 Å². The van der Waals surface area contributed by atoms with E-state index in [2.05, 4.69) is 19.6 Å². The van der Waals surface area contributed by atoms with Crippen LogP contribution in [0, 0.1) is 5.92 Å². The summed E-state index contributed by atoms with van der Waals surface area (Å²) in [5, 5.41) is 9.22. The number of aliphatic hydroxyl groups excluding tert-OH is 1. The van der Waals surface area contributed by atoms with Crippen LogP contribution in [0.15, 0.2) is 11.8 Å². The molecule has 1 nitrogen and oxygen atoms in total. The number of allylic oxidation sites excluding steroid dienone is 1. The zero-order valence-corrected chi connectivity index (χ0v) is 8.44. The minimum Gasteiger partial charge on any atom is -0.511 e.